The number of rotatable bonds is 2. The molecule has 0 radical (unpaired) electrons. The van der Waals surface area contributed by atoms with Crippen molar-refractivity contribution in [3.8, 4) is 0 Å². The Hall–Kier alpha value is -1.59. The highest BCUT2D eigenvalue weighted by molar-refractivity contribution is 5.79. The lowest BCUT2D eigenvalue weighted by molar-refractivity contribution is 0.371. The van der Waals surface area contributed by atoms with Crippen LogP contribution in [0, 0.1) is 6.92 Å². The number of nitrogens with zero attached hydrogens (tertiary/aromatic N) is 3. The van der Waals surface area contributed by atoms with E-state index in [1.54, 1.807) is 21.0 Å². The predicted molar refractivity (Wildman–Crippen MR) is 48.3 cm³/mol. The molecule has 72 valence electrons. The Morgan fingerprint density at radius 2 is 2.38 bits per heavy atom. The lowest BCUT2D eigenvalue weighted by Gasteiger charge is -2.04. The molecule has 0 bridgehead atoms. The Morgan fingerprint density at radius 3 is 2.85 bits per heavy atom. The van der Waals surface area contributed by atoms with Crippen LogP contribution in [0.15, 0.2) is 9.52 Å². The van der Waals surface area contributed by atoms with Gasteiger partial charge in [-0.2, -0.15) is 4.98 Å². The van der Waals surface area contributed by atoms with Gasteiger partial charge in [-0.25, -0.2) is 0 Å². The summed E-state index contributed by atoms with van der Waals surface area (Å²) in [7, 11) is 3.48. The largest absolute Gasteiger partial charge is 0.359 e. The van der Waals surface area contributed by atoms with E-state index in [4.69, 9.17) is 4.52 Å². The van der Waals surface area contributed by atoms with E-state index >= 15 is 0 Å². The maximum Gasteiger partial charge on any atom is 0.246 e. The zero-order valence-electron chi connectivity index (χ0n) is 7.96. The molecule has 0 saturated heterocycles. The summed E-state index contributed by atoms with van der Waals surface area (Å²) in [4.78, 5) is 7.96. The van der Waals surface area contributed by atoms with Crippen molar-refractivity contribution < 1.29 is 4.52 Å². The first-order valence-electron chi connectivity index (χ1n) is 3.94. The molecule has 0 fully saturated rings. The molecule has 0 saturated carbocycles. The molecule has 0 unspecified atom stereocenters. The van der Waals surface area contributed by atoms with Gasteiger partial charge < -0.3 is 15.2 Å². The highest BCUT2D eigenvalue weighted by Gasteiger charge is 2.02. The lowest BCUT2D eigenvalue weighted by Crippen LogP contribution is -2.34. The number of aliphatic imine (C=N–C) groups is 1. The van der Waals surface area contributed by atoms with Crippen molar-refractivity contribution in [1.82, 2.24) is 20.8 Å². The Kier molecular flexibility index (Phi) is 3.24. The summed E-state index contributed by atoms with van der Waals surface area (Å²) in [6.07, 6.45) is 0. The quantitative estimate of drug-likeness (QED) is 0.485. The Bertz CT molecular complexity index is 293. The van der Waals surface area contributed by atoms with E-state index in [2.05, 4.69) is 25.8 Å². The molecule has 0 aliphatic rings. The smallest absolute Gasteiger partial charge is 0.246 e. The van der Waals surface area contributed by atoms with Crippen molar-refractivity contribution in [2.45, 2.75) is 13.5 Å². The van der Waals surface area contributed by atoms with Gasteiger partial charge in [-0.05, 0) is 6.92 Å². The molecular formula is C7H13N5O. The van der Waals surface area contributed by atoms with Gasteiger partial charge in [0.2, 0.25) is 5.89 Å². The molecule has 0 amide bonds. The number of aromatic nitrogens is 2. The fraction of sp³-hybridized carbons (Fsp3) is 0.571. The molecule has 0 aliphatic heterocycles. The van der Waals surface area contributed by atoms with Gasteiger partial charge in [-0.1, -0.05) is 5.16 Å². The third kappa shape index (κ3) is 2.73. The van der Waals surface area contributed by atoms with E-state index in [-0.39, 0.29) is 0 Å². The van der Waals surface area contributed by atoms with Crippen LogP contribution in [0.2, 0.25) is 0 Å². The normalized spacial score (nSPS) is 11.5. The highest BCUT2D eigenvalue weighted by Crippen LogP contribution is 1.93. The summed E-state index contributed by atoms with van der Waals surface area (Å²) in [6.45, 7) is 2.26. The number of guanidine groups is 1. The number of aryl methyl sites for hydroxylation is 1. The maximum absolute atomic E-state index is 4.90. The van der Waals surface area contributed by atoms with E-state index in [1.165, 1.54) is 0 Å². The van der Waals surface area contributed by atoms with Gasteiger partial charge in [0, 0.05) is 14.1 Å². The van der Waals surface area contributed by atoms with Crippen LogP contribution in [0.25, 0.3) is 0 Å². The molecule has 2 N–H and O–H groups in total. The van der Waals surface area contributed by atoms with Crippen molar-refractivity contribution in [2.24, 2.45) is 4.99 Å². The summed E-state index contributed by atoms with van der Waals surface area (Å²) in [5.74, 6) is 1.88. The average molecular weight is 183 g/mol. The Balaban J connectivity index is 2.43. The molecule has 13 heavy (non-hydrogen) atoms. The third-order valence-electron chi connectivity index (χ3n) is 1.44. The zero-order valence-corrected chi connectivity index (χ0v) is 7.96. The molecule has 0 atom stereocenters. The Labute approximate surface area is 76.4 Å². The van der Waals surface area contributed by atoms with Crippen LogP contribution >= 0.6 is 0 Å². The second-order valence-corrected chi connectivity index (χ2v) is 2.41. The number of nitrogens with one attached hydrogen (secondary N) is 2. The molecule has 0 aliphatic carbocycles. The lowest BCUT2D eigenvalue weighted by atomic mass is 10.6. The first kappa shape index (κ1) is 9.50. The van der Waals surface area contributed by atoms with Gasteiger partial charge in [0.1, 0.15) is 0 Å². The van der Waals surface area contributed by atoms with Crippen molar-refractivity contribution in [1.29, 1.82) is 0 Å². The molecule has 1 aromatic heterocycles. The van der Waals surface area contributed by atoms with Gasteiger partial charge in [0.05, 0.1) is 6.54 Å². The van der Waals surface area contributed by atoms with E-state index < -0.39 is 0 Å². The SMILES string of the molecule is CN=C(NC)NCc1nc(C)no1. The van der Waals surface area contributed by atoms with Gasteiger partial charge in [-0.3, -0.25) is 4.99 Å². The maximum atomic E-state index is 4.90. The molecule has 1 rings (SSSR count). The van der Waals surface area contributed by atoms with E-state index in [1.807, 2.05) is 0 Å². The van der Waals surface area contributed by atoms with Crippen LogP contribution in [0.3, 0.4) is 0 Å². The summed E-state index contributed by atoms with van der Waals surface area (Å²) in [6, 6.07) is 0. The minimum absolute atomic E-state index is 0.481. The summed E-state index contributed by atoms with van der Waals surface area (Å²) in [5.41, 5.74) is 0. The molecule has 6 heteroatoms. The second-order valence-electron chi connectivity index (χ2n) is 2.41. The molecule has 0 aromatic carbocycles. The molecular weight excluding hydrogens is 170 g/mol. The van der Waals surface area contributed by atoms with Crippen molar-refractivity contribution in [2.75, 3.05) is 14.1 Å². The topological polar surface area (TPSA) is 75.3 Å². The fourth-order valence-electron chi connectivity index (χ4n) is 0.850. The minimum atomic E-state index is 0.481. The van der Waals surface area contributed by atoms with Gasteiger partial charge in [0.15, 0.2) is 11.8 Å². The van der Waals surface area contributed by atoms with E-state index in [9.17, 15) is 0 Å². The minimum Gasteiger partial charge on any atom is -0.359 e. The summed E-state index contributed by atoms with van der Waals surface area (Å²) >= 11 is 0. The molecule has 0 spiro atoms. The molecule has 1 aromatic rings. The molecule has 6 nitrogen and oxygen atoms in total. The Morgan fingerprint density at radius 1 is 1.62 bits per heavy atom. The van der Waals surface area contributed by atoms with Crippen LogP contribution in [0.5, 0.6) is 0 Å². The van der Waals surface area contributed by atoms with Crippen LogP contribution < -0.4 is 10.6 Å². The van der Waals surface area contributed by atoms with Crippen LogP contribution in [-0.2, 0) is 6.54 Å². The third-order valence-corrected chi connectivity index (χ3v) is 1.44. The second kappa shape index (κ2) is 4.44. The standard InChI is InChI=1S/C7H13N5O/c1-5-11-6(13-12-5)4-10-7(8-2)9-3/h4H2,1-3H3,(H2,8,9,10). The summed E-state index contributed by atoms with van der Waals surface area (Å²) < 4.78 is 4.90. The van der Waals surface area contributed by atoms with Crippen LogP contribution in [-0.4, -0.2) is 30.2 Å². The van der Waals surface area contributed by atoms with Crippen molar-refractivity contribution >= 4 is 5.96 Å². The predicted octanol–water partition coefficient (Wildman–Crippen LogP) is -0.327. The van der Waals surface area contributed by atoms with Crippen molar-refractivity contribution in [3.63, 3.8) is 0 Å². The van der Waals surface area contributed by atoms with Crippen LogP contribution in [0.1, 0.15) is 11.7 Å². The molecule has 1 heterocycles. The number of hydrogen-bond donors (Lipinski definition) is 2. The van der Waals surface area contributed by atoms with Crippen LogP contribution in [0.4, 0.5) is 0 Å². The number of hydrogen-bond acceptors (Lipinski definition) is 4. The fourth-order valence-corrected chi connectivity index (χ4v) is 0.850. The van der Waals surface area contributed by atoms with Gasteiger partial charge in [-0.15, -0.1) is 0 Å². The first-order valence-corrected chi connectivity index (χ1v) is 3.94. The van der Waals surface area contributed by atoms with Gasteiger partial charge >= 0.3 is 0 Å². The highest BCUT2D eigenvalue weighted by atomic mass is 16.5. The first-order chi connectivity index (χ1) is 6.26. The monoisotopic (exact) mass is 183 g/mol. The summed E-state index contributed by atoms with van der Waals surface area (Å²) in [5, 5.41) is 9.53. The van der Waals surface area contributed by atoms with E-state index in [0.717, 1.165) is 0 Å². The van der Waals surface area contributed by atoms with E-state index in [0.29, 0.717) is 24.2 Å². The van der Waals surface area contributed by atoms with Crippen molar-refractivity contribution in [3.05, 3.63) is 11.7 Å². The average Bonchev–Trinajstić information content (AvgIpc) is 2.53. The van der Waals surface area contributed by atoms with Gasteiger partial charge in [0.25, 0.3) is 0 Å². The zero-order chi connectivity index (χ0) is 9.68.